The summed E-state index contributed by atoms with van der Waals surface area (Å²) in [5, 5.41) is 0. The maximum atomic E-state index is 10.8. The fourth-order valence-electron chi connectivity index (χ4n) is 0.492. The molecule has 0 aromatic carbocycles. The van der Waals surface area contributed by atoms with E-state index in [1.54, 1.807) is 6.92 Å². The minimum atomic E-state index is -0.135. The summed E-state index contributed by atoms with van der Waals surface area (Å²) in [5.74, 6) is 0.212. The summed E-state index contributed by atoms with van der Waals surface area (Å²) in [6, 6.07) is 0. The Bertz CT molecular complexity index is 133. The predicted molar refractivity (Wildman–Crippen MR) is 45.6 cm³/mol. The van der Waals surface area contributed by atoms with Gasteiger partial charge in [0.2, 0.25) is 0 Å². The van der Waals surface area contributed by atoms with E-state index in [1.807, 2.05) is 27.7 Å². The van der Waals surface area contributed by atoms with E-state index >= 15 is 0 Å². The van der Waals surface area contributed by atoms with Crippen LogP contribution in [0.2, 0.25) is 0 Å². The van der Waals surface area contributed by atoms with E-state index in [4.69, 9.17) is 4.74 Å². The summed E-state index contributed by atoms with van der Waals surface area (Å²) in [7, 11) is 0. The first-order chi connectivity index (χ1) is 4.83. The van der Waals surface area contributed by atoms with Crippen LogP contribution in [0.25, 0.3) is 0 Å². The zero-order valence-corrected chi connectivity index (χ0v) is 8.10. The fraction of sp³-hybridized carbons (Fsp3) is 0.889. The van der Waals surface area contributed by atoms with E-state index < -0.39 is 0 Å². The Morgan fingerprint density at radius 3 is 2.18 bits per heavy atom. The van der Waals surface area contributed by atoms with Gasteiger partial charge >= 0.3 is 0 Å². The van der Waals surface area contributed by atoms with Gasteiger partial charge in [-0.3, -0.25) is 4.79 Å². The lowest BCUT2D eigenvalue weighted by Crippen LogP contribution is -2.25. The Kier molecular flexibility index (Phi) is 3.73. The predicted octanol–water partition coefficient (Wildman–Crippen LogP) is 2.03. The Morgan fingerprint density at radius 1 is 1.45 bits per heavy atom. The van der Waals surface area contributed by atoms with Crippen LogP contribution in [-0.2, 0) is 9.53 Å². The zero-order chi connectivity index (χ0) is 9.07. The molecule has 1 atom stereocenters. The van der Waals surface area contributed by atoms with Crippen LogP contribution in [0.15, 0.2) is 0 Å². The van der Waals surface area contributed by atoms with E-state index in [0.29, 0.717) is 6.61 Å². The number of hydrogen-bond acceptors (Lipinski definition) is 2. The molecule has 0 aliphatic heterocycles. The molecular weight excluding hydrogens is 140 g/mol. The lowest BCUT2D eigenvalue weighted by atomic mass is 10.1. The Labute approximate surface area is 68.9 Å². The number of rotatable bonds is 3. The van der Waals surface area contributed by atoms with Crippen LogP contribution in [-0.4, -0.2) is 18.0 Å². The molecule has 0 heterocycles. The van der Waals surface area contributed by atoms with E-state index in [-0.39, 0.29) is 17.3 Å². The van der Waals surface area contributed by atoms with Gasteiger partial charge in [-0.25, -0.2) is 0 Å². The van der Waals surface area contributed by atoms with Gasteiger partial charge in [0, 0.05) is 5.92 Å². The molecule has 11 heavy (non-hydrogen) atoms. The molecule has 0 amide bonds. The number of hydrogen-bond donors (Lipinski definition) is 0. The molecule has 1 unspecified atom stereocenters. The first-order valence-corrected chi connectivity index (χ1v) is 3.97. The molecule has 0 spiro atoms. The summed E-state index contributed by atoms with van der Waals surface area (Å²) in [5.41, 5.74) is -0.135. The van der Waals surface area contributed by atoms with Crippen molar-refractivity contribution in [2.75, 3.05) is 6.61 Å². The Balaban J connectivity index is 3.63. The maximum Gasteiger partial charge on any atom is 0.134 e. The largest absolute Gasteiger partial charge is 0.375 e. The number of carbonyl (C=O) groups is 1. The van der Waals surface area contributed by atoms with Gasteiger partial charge in [-0.05, 0) is 27.7 Å². The molecule has 0 aromatic heterocycles. The minimum Gasteiger partial charge on any atom is -0.375 e. The molecule has 0 saturated carbocycles. The maximum absolute atomic E-state index is 10.8. The van der Waals surface area contributed by atoms with Crippen LogP contribution in [0.4, 0.5) is 0 Å². The lowest BCUT2D eigenvalue weighted by Gasteiger charge is -2.21. The van der Waals surface area contributed by atoms with Crippen molar-refractivity contribution in [1.29, 1.82) is 0 Å². The van der Waals surface area contributed by atoms with E-state index in [1.165, 1.54) is 0 Å². The molecular formula is C9H18O2. The molecule has 0 radical (unpaired) electrons. The topological polar surface area (TPSA) is 26.3 Å². The molecule has 0 N–H and O–H groups in total. The Morgan fingerprint density at radius 2 is 1.91 bits per heavy atom. The average Bonchev–Trinajstić information content (AvgIpc) is 1.80. The third-order valence-electron chi connectivity index (χ3n) is 1.46. The van der Waals surface area contributed by atoms with E-state index in [0.717, 1.165) is 0 Å². The molecule has 0 aliphatic rings. The molecule has 66 valence electrons. The van der Waals surface area contributed by atoms with Crippen LogP contribution in [0, 0.1) is 5.92 Å². The van der Waals surface area contributed by atoms with Crippen molar-refractivity contribution < 1.29 is 9.53 Å². The van der Waals surface area contributed by atoms with Crippen molar-refractivity contribution in [3.05, 3.63) is 0 Å². The SMILES string of the molecule is CC(=O)C(C)COC(C)(C)C. The molecule has 0 aromatic rings. The second kappa shape index (κ2) is 3.86. The highest BCUT2D eigenvalue weighted by atomic mass is 16.5. The summed E-state index contributed by atoms with van der Waals surface area (Å²) >= 11 is 0. The molecule has 2 nitrogen and oxygen atoms in total. The van der Waals surface area contributed by atoms with Crippen LogP contribution in [0.5, 0.6) is 0 Å². The molecule has 0 bridgehead atoms. The second-order valence-electron chi connectivity index (χ2n) is 3.94. The van der Waals surface area contributed by atoms with Crippen molar-refractivity contribution >= 4 is 5.78 Å². The van der Waals surface area contributed by atoms with Gasteiger partial charge < -0.3 is 4.74 Å². The van der Waals surface area contributed by atoms with Crippen molar-refractivity contribution in [2.24, 2.45) is 5.92 Å². The number of ketones is 1. The average molecular weight is 158 g/mol. The molecule has 0 aliphatic carbocycles. The number of ether oxygens (including phenoxy) is 1. The third kappa shape index (κ3) is 6.05. The fourth-order valence-corrected chi connectivity index (χ4v) is 0.492. The summed E-state index contributed by atoms with van der Waals surface area (Å²) in [6.07, 6.45) is 0. The monoisotopic (exact) mass is 158 g/mol. The molecule has 0 rings (SSSR count). The lowest BCUT2D eigenvalue weighted by molar-refractivity contribution is -0.124. The highest BCUT2D eigenvalue weighted by Crippen LogP contribution is 2.09. The molecule has 2 heteroatoms. The van der Waals surface area contributed by atoms with Crippen LogP contribution in [0.3, 0.4) is 0 Å². The Hall–Kier alpha value is -0.370. The van der Waals surface area contributed by atoms with Crippen LogP contribution < -0.4 is 0 Å². The summed E-state index contributed by atoms with van der Waals surface area (Å²) in [6.45, 7) is 9.96. The highest BCUT2D eigenvalue weighted by molar-refractivity contribution is 5.77. The van der Waals surface area contributed by atoms with Crippen molar-refractivity contribution in [2.45, 2.75) is 40.2 Å². The van der Waals surface area contributed by atoms with Crippen LogP contribution in [0.1, 0.15) is 34.6 Å². The normalized spacial score (nSPS) is 14.6. The van der Waals surface area contributed by atoms with Crippen LogP contribution >= 0.6 is 0 Å². The molecule has 0 saturated heterocycles. The number of Topliss-reactive ketones (excluding diaryl/α,β-unsaturated/α-hetero) is 1. The summed E-state index contributed by atoms with van der Waals surface area (Å²) < 4.78 is 5.43. The van der Waals surface area contributed by atoms with Gasteiger partial charge in [0.1, 0.15) is 5.78 Å². The third-order valence-corrected chi connectivity index (χ3v) is 1.46. The van der Waals surface area contributed by atoms with Gasteiger partial charge in [-0.1, -0.05) is 6.92 Å². The van der Waals surface area contributed by atoms with Crippen molar-refractivity contribution in [1.82, 2.24) is 0 Å². The van der Waals surface area contributed by atoms with E-state index in [2.05, 4.69) is 0 Å². The first kappa shape index (κ1) is 10.6. The highest BCUT2D eigenvalue weighted by Gasteiger charge is 2.14. The molecule has 0 fully saturated rings. The van der Waals surface area contributed by atoms with E-state index in [9.17, 15) is 4.79 Å². The smallest absolute Gasteiger partial charge is 0.134 e. The first-order valence-electron chi connectivity index (χ1n) is 3.97. The second-order valence-corrected chi connectivity index (χ2v) is 3.94. The van der Waals surface area contributed by atoms with Gasteiger partial charge in [-0.2, -0.15) is 0 Å². The van der Waals surface area contributed by atoms with Gasteiger partial charge in [-0.15, -0.1) is 0 Å². The zero-order valence-electron chi connectivity index (χ0n) is 8.10. The van der Waals surface area contributed by atoms with Crippen molar-refractivity contribution in [3.8, 4) is 0 Å². The quantitative estimate of drug-likeness (QED) is 0.628. The van der Waals surface area contributed by atoms with Gasteiger partial charge in [0.15, 0.2) is 0 Å². The van der Waals surface area contributed by atoms with Crippen molar-refractivity contribution in [3.63, 3.8) is 0 Å². The van der Waals surface area contributed by atoms with Gasteiger partial charge in [0.05, 0.1) is 12.2 Å². The standard InChI is InChI=1S/C9H18O2/c1-7(8(2)10)6-11-9(3,4)5/h7H,6H2,1-5H3. The van der Waals surface area contributed by atoms with Gasteiger partial charge in [0.25, 0.3) is 0 Å². The minimum absolute atomic E-state index is 0.0224. The number of carbonyl (C=O) groups excluding carboxylic acids is 1. The summed E-state index contributed by atoms with van der Waals surface area (Å²) in [4.78, 5) is 10.8.